The molecule has 0 bridgehead atoms. The summed E-state index contributed by atoms with van der Waals surface area (Å²) >= 11 is 0. The van der Waals surface area contributed by atoms with Crippen LogP contribution in [0, 0.1) is 11.3 Å². The lowest BCUT2D eigenvalue weighted by Gasteiger charge is -2.26. The zero-order valence-electron chi connectivity index (χ0n) is 18.4. The third-order valence-corrected chi connectivity index (χ3v) is 5.85. The number of pyridine rings is 1. The first kappa shape index (κ1) is 20.9. The van der Waals surface area contributed by atoms with Crippen molar-refractivity contribution in [2.75, 3.05) is 11.9 Å². The maximum Gasteiger partial charge on any atom is 0.126 e. The zero-order valence-corrected chi connectivity index (χ0v) is 18.4. The summed E-state index contributed by atoms with van der Waals surface area (Å²) in [6, 6.07) is 15.9. The average Bonchev–Trinajstić information content (AvgIpc) is 3.32. The number of hydrogen-bond acceptors (Lipinski definition) is 6. The monoisotopic (exact) mass is 435 g/mol. The predicted molar refractivity (Wildman–Crippen MR) is 131 cm³/mol. The molecule has 3 aromatic rings. The fourth-order valence-electron chi connectivity index (χ4n) is 4.07. The van der Waals surface area contributed by atoms with Crippen LogP contribution < -0.4 is 10.6 Å². The number of aromatic nitrogens is 3. The van der Waals surface area contributed by atoms with E-state index in [1.54, 1.807) is 12.1 Å². The standard InChI is InChI=1S/C26H25N7/c1-2-19-4-3-5-22(31-19)26-25(18-8-11-21-23(14-18)29-13-12-28-21)32-24(33-26)16-30-20-9-6-17(15-27)7-10-20/h3-11,13-14,21,23,28,30H,2,12,16H2,1H3,(H,32,33). The van der Waals surface area contributed by atoms with Crippen molar-refractivity contribution in [3.63, 3.8) is 0 Å². The second kappa shape index (κ2) is 9.23. The van der Waals surface area contributed by atoms with Gasteiger partial charge in [-0.05, 0) is 48.9 Å². The van der Waals surface area contributed by atoms with Crippen LogP contribution in [0.4, 0.5) is 5.69 Å². The van der Waals surface area contributed by atoms with Gasteiger partial charge in [0.1, 0.15) is 5.82 Å². The van der Waals surface area contributed by atoms with Gasteiger partial charge in [-0.2, -0.15) is 5.26 Å². The molecule has 2 atom stereocenters. The number of nitriles is 1. The van der Waals surface area contributed by atoms with Crippen molar-refractivity contribution in [2.45, 2.75) is 32.0 Å². The van der Waals surface area contributed by atoms with Gasteiger partial charge in [0, 0.05) is 29.7 Å². The number of allylic oxidation sites excluding steroid dienone is 2. The number of rotatable bonds is 6. The Kier molecular flexibility index (Phi) is 5.83. The Morgan fingerprint density at radius 3 is 2.85 bits per heavy atom. The van der Waals surface area contributed by atoms with E-state index >= 15 is 0 Å². The number of nitrogens with zero attached hydrogens (tertiary/aromatic N) is 4. The molecule has 7 heteroatoms. The summed E-state index contributed by atoms with van der Waals surface area (Å²) in [6.07, 6.45) is 9.26. The SMILES string of the molecule is CCc1cccc(-c2[nH]c(CNc3ccc(C#N)cc3)nc2C2=CC3N=CCNC3C=C2)n1. The number of aryl methyl sites for hydroxylation is 1. The van der Waals surface area contributed by atoms with Gasteiger partial charge in [-0.1, -0.05) is 25.1 Å². The van der Waals surface area contributed by atoms with E-state index in [0.717, 1.165) is 52.8 Å². The van der Waals surface area contributed by atoms with Crippen LogP contribution in [0.25, 0.3) is 17.0 Å². The quantitative estimate of drug-likeness (QED) is 0.545. The molecule has 7 nitrogen and oxygen atoms in total. The van der Waals surface area contributed by atoms with Crippen LogP contribution in [0.3, 0.4) is 0 Å². The molecule has 0 saturated carbocycles. The fourth-order valence-corrected chi connectivity index (χ4v) is 4.07. The number of benzene rings is 1. The fraction of sp³-hybridized carbons (Fsp3) is 0.231. The Morgan fingerprint density at radius 1 is 1.15 bits per heavy atom. The molecule has 1 aliphatic heterocycles. The molecule has 3 N–H and O–H groups in total. The van der Waals surface area contributed by atoms with Crippen molar-refractivity contribution in [3.8, 4) is 17.5 Å². The van der Waals surface area contributed by atoms with Gasteiger partial charge in [0.2, 0.25) is 0 Å². The molecular formula is C26H25N7. The molecule has 2 aromatic heterocycles. The van der Waals surface area contributed by atoms with Crippen molar-refractivity contribution in [1.29, 1.82) is 5.26 Å². The molecule has 2 unspecified atom stereocenters. The van der Waals surface area contributed by atoms with Gasteiger partial charge >= 0.3 is 0 Å². The van der Waals surface area contributed by atoms with Crippen LogP contribution in [-0.2, 0) is 13.0 Å². The number of anilines is 1. The summed E-state index contributed by atoms with van der Waals surface area (Å²) in [6.45, 7) is 3.42. The second-order valence-corrected chi connectivity index (χ2v) is 8.05. The first-order valence-corrected chi connectivity index (χ1v) is 11.2. The molecule has 1 aliphatic carbocycles. The van der Waals surface area contributed by atoms with Crippen molar-refractivity contribution in [1.82, 2.24) is 20.3 Å². The summed E-state index contributed by atoms with van der Waals surface area (Å²) in [5, 5.41) is 15.8. The van der Waals surface area contributed by atoms with Crippen molar-refractivity contribution in [2.24, 2.45) is 4.99 Å². The number of aliphatic imine (C=N–C) groups is 1. The topological polar surface area (TPSA) is 102 Å². The van der Waals surface area contributed by atoms with E-state index in [-0.39, 0.29) is 12.1 Å². The number of aromatic amines is 1. The van der Waals surface area contributed by atoms with Gasteiger partial charge in [-0.25, -0.2) is 4.98 Å². The lowest BCUT2D eigenvalue weighted by atomic mass is 9.94. The number of H-pyrrole nitrogens is 1. The van der Waals surface area contributed by atoms with Crippen LogP contribution >= 0.6 is 0 Å². The minimum atomic E-state index is 0.0680. The molecule has 0 fully saturated rings. The largest absolute Gasteiger partial charge is 0.378 e. The van der Waals surface area contributed by atoms with Gasteiger partial charge in [-0.3, -0.25) is 9.98 Å². The molecule has 0 spiro atoms. The van der Waals surface area contributed by atoms with E-state index < -0.39 is 0 Å². The molecule has 164 valence electrons. The van der Waals surface area contributed by atoms with Crippen LogP contribution in [0.15, 0.2) is 65.7 Å². The van der Waals surface area contributed by atoms with Gasteiger partial charge in [-0.15, -0.1) is 0 Å². The molecular weight excluding hydrogens is 410 g/mol. The highest BCUT2D eigenvalue weighted by Crippen LogP contribution is 2.30. The van der Waals surface area contributed by atoms with E-state index in [1.807, 2.05) is 36.5 Å². The van der Waals surface area contributed by atoms with E-state index in [4.69, 9.17) is 15.2 Å². The molecule has 3 heterocycles. The van der Waals surface area contributed by atoms with Crippen molar-refractivity contribution >= 4 is 17.5 Å². The molecule has 2 aliphatic rings. The lowest BCUT2D eigenvalue weighted by molar-refractivity contribution is 0.564. The maximum absolute atomic E-state index is 9.00. The van der Waals surface area contributed by atoms with Gasteiger partial charge in [0.05, 0.1) is 47.3 Å². The molecule has 1 aromatic carbocycles. The number of imidazole rings is 1. The maximum atomic E-state index is 9.00. The van der Waals surface area contributed by atoms with E-state index in [2.05, 4.69) is 51.8 Å². The second-order valence-electron chi connectivity index (χ2n) is 8.05. The Morgan fingerprint density at radius 2 is 2.03 bits per heavy atom. The molecule has 5 rings (SSSR count). The number of hydrogen-bond donors (Lipinski definition) is 3. The van der Waals surface area contributed by atoms with E-state index in [0.29, 0.717) is 12.1 Å². The third kappa shape index (κ3) is 4.47. The Labute approximate surface area is 193 Å². The zero-order chi connectivity index (χ0) is 22.6. The predicted octanol–water partition coefficient (Wildman–Crippen LogP) is 3.88. The van der Waals surface area contributed by atoms with Crippen LogP contribution in [-0.4, -0.2) is 39.8 Å². The van der Waals surface area contributed by atoms with Crippen LogP contribution in [0.2, 0.25) is 0 Å². The molecule has 0 radical (unpaired) electrons. The summed E-state index contributed by atoms with van der Waals surface area (Å²) in [4.78, 5) is 17.9. The highest BCUT2D eigenvalue weighted by Gasteiger charge is 2.25. The van der Waals surface area contributed by atoms with Gasteiger partial charge in [0.25, 0.3) is 0 Å². The summed E-state index contributed by atoms with van der Waals surface area (Å²) < 4.78 is 0. The molecule has 33 heavy (non-hydrogen) atoms. The third-order valence-electron chi connectivity index (χ3n) is 5.85. The molecule has 0 saturated heterocycles. The van der Waals surface area contributed by atoms with Crippen LogP contribution in [0.5, 0.6) is 0 Å². The van der Waals surface area contributed by atoms with E-state index in [9.17, 15) is 0 Å². The summed E-state index contributed by atoms with van der Waals surface area (Å²) in [5.74, 6) is 0.815. The van der Waals surface area contributed by atoms with Crippen molar-refractivity contribution in [3.05, 3.63) is 83.5 Å². The first-order chi connectivity index (χ1) is 16.2. The molecule has 0 amide bonds. The van der Waals surface area contributed by atoms with Gasteiger partial charge < -0.3 is 15.6 Å². The Bertz CT molecular complexity index is 1270. The number of fused-ring (bicyclic) bond motifs is 1. The van der Waals surface area contributed by atoms with Gasteiger partial charge in [0.15, 0.2) is 0 Å². The Hall–Kier alpha value is -4.02. The summed E-state index contributed by atoms with van der Waals surface area (Å²) in [5.41, 5.74) is 6.31. The van der Waals surface area contributed by atoms with E-state index in [1.165, 1.54) is 0 Å². The minimum absolute atomic E-state index is 0.0680. The lowest BCUT2D eigenvalue weighted by Crippen LogP contribution is -2.42. The first-order valence-electron chi connectivity index (χ1n) is 11.2. The smallest absolute Gasteiger partial charge is 0.126 e. The normalized spacial score (nSPS) is 19.0. The minimum Gasteiger partial charge on any atom is -0.378 e. The van der Waals surface area contributed by atoms with Crippen LogP contribution in [0.1, 0.15) is 29.7 Å². The van der Waals surface area contributed by atoms with Crippen molar-refractivity contribution < 1.29 is 0 Å². The highest BCUT2D eigenvalue weighted by molar-refractivity contribution is 5.83. The Balaban J connectivity index is 1.48. The number of nitrogens with one attached hydrogen (secondary N) is 3. The average molecular weight is 436 g/mol. The highest BCUT2D eigenvalue weighted by atomic mass is 15.0. The summed E-state index contributed by atoms with van der Waals surface area (Å²) in [7, 11) is 0.